The van der Waals surface area contributed by atoms with Crippen LogP contribution < -0.4 is 5.73 Å². The van der Waals surface area contributed by atoms with E-state index in [2.05, 4.69) is 0 Å². The highest BCUT2D eigenvalue weighted by Gasteiger charge is 2.39. The van der Waals surface area contributed by atoms with Crippen LogP contribution in [0.5, 0.6) is 0 Å². The number of primary amides is 1. The van der Waals surface area contributed by atoms with Crippen molar-refractivity contribution in [2.45, 2.75) is 57.8 Å². The van der Waals surface area contributed by atoms with E-state index in [-0.39, 0.29) is 23.5 Å². The van der Waals surface area contributed by atoms with Gasteiger partial charge in [-0.2, -0.15) is 0 Å². The van der Waals surface area contributed by atoms with E-state index in [1.165, 1.54) is 0 Å². The molecule has 0 saturated heterocycles. The third-order valence-electron chi connectivity index (χ3n) is 3.82. The van der Waals surface area contributed by atoms with Crippen LogP contribution in [0.3, 0.4) is 0 Å². The lowest BCUT2D eigenvalue weighted by Crippen LogP contribution is -2.43. The minimum absolute atomic E-state index is 0.0655. The summed E-state index contributed by atoms with van der Waals surface area (Å²) in [7, 11) is -2.36. The molecule has 1 amide bonds. The van der Waals surface area contributed by atoms with Crippen LogP contribution in [-0.4, -0.2) is 38.0 Å². The standard InChI is InChI=1S/C13H27NO4Si/c1-10(6-7-15)11(8-12(14)16)18-9-13(2,3)19(4,5)17/h7,10-11,17H,6,8-9H2,1-5H3,(H2,14,16)/t10-,11+/m1/s1. The van der Waals surface area contributed by atoms with Crippen molar-refractivity contribution in [1.29, 1.82) is 0 Å². The van der Waals surface area contributed by atoms with Gasteiger partial charge in [-0.15, -0.1) is 0 Å². The Morgan fingerprint density at radius 2 is 2.00 bits per heavy atom. The highest BCUT2D eigenvalue weighted by atomic mass is 28.4. The Kier molecular flexibility index (Phi) is 6.89. The van der Waals surface area contributed by atoms with Gasteiger partial charge in [0.05, 0.1) is 19.1 Å². The third-order valence-corrected chi connectivity index (χ3v) is 7.28. The predicted molar refractivity (Wildman–Crippen MR) is 77.1 cm³/mol. The Morgan fingerprint density at radius 3 is 2.37 bits per heavy atom. The maximum absolute atomic E-state index is 11.1. The van der Waals surface area contributed by atoms with Crippen molar-refractivity contribution in [2.75, 3.05) is 6.61 Å². The van der Waals surface area contributed by atoms with Crippen molar-refractivity contribution in [2.24, 2.45) is 11.7 Å². The number of rotatable bonds is 9. The van der Waals surface area contributed by atoms with Gasteiger partial charge in [-0.05, 0) is 19.0 Å². The lowest BCUT2D eigenvalue weighted by atomic mass is 9.98. The summed E-state index contributed by atoms with van der Waals surface area (Å²) in [5.41, 5.74) is 5.20. The van der Waals surface area contributed by atoms with E-state index >= 15 is 0 Å². The molecule has 5 nitrogen and oxygen atoms in total. The van der Waals surface area contributed by atoms with Crippen molar-refractivity contribution in [1.82, 2.24) is 0 Å². The Balaban J connectivity index is 4.66. The average Bonchev–Trinajstić information content (AvgIpc) is 2.22. The van der Waals surface area contributed by atoms with Gasteiger partial charge >= 0.3 is 0 Å². The zero-order valence-corrected chi connectivity index (χ0v) is 13.6. The summed E-state index contributed by atoms with van der Waals surface area (Å²) in [6.45, 7) is 9.82. The molecule has 0 fully saturated rings. The van der Waals surface area contributed by atoms with Crippen molar-refractivity contribution >= 4 is 20.5 Å². The second kappa shape index (κ2) is 7.16. The molecule has 0 heterocycles. The van der Waals surface area contributed by atoms with Crippen LogP contribution in [0.25, 0.3) is 0 Å². The van der Waals surface area contributed by atoms with Gasteiger partial charge in [-0.25, -0.2) is 0 Å². The van der Waals surface area contributed by atoms with E-state index in [9.17, 15) is 14.4 Å². The maximum Gasteiger partial charge on any atom is 0.220 e. The molecule has 6 heteroatoms. The van der Waals surface area contributed by atoms with Gasteiger partial charge in [-0.1, -0.05) is 20.8 Å². The van der Waals surface area contributed by atoms with Gasteiger partial charge in [0.2, 0.25) is 5.91 Å². The minimum Gasteiger partial charge on any atom is -0.432 e. The van der Waals surface area contributed by atoms with Crippen LogP contribution in [0.1, 0.15) is 33.6 Å². The van der Waals surface area contributed by atoms with Crippen LogP contribution in [0.2, 0.25) is 18.1 Å². The fourth-order valence-electron chi connectivity index (χ4n) is 1.42. The molecule has 0 aliphatic rings. The lowest BCUT2D eigenvalue weighted by Gasteiger charge is -2.36. The summed E-state index contributed by atoms with van der Waals surface area (Å²) in [6.07, 6.45) is 0.868. The third kappa shape index (κ3) is 6.31. The summed E-state index contributed by atoms with van der Waals surface area (Å²) in [5.74, 6) is -0.509. The first-order valence-electron chi connectivity index (χ1n) is 6.57. The Bertz CT molecular complexity index is 312. The van der Waals surface area contributed by atoms with E-state index in [4.69, 9.17) is 10.5 Å². The number of hydrogen-bond donors (Lipinski definition) is 2. The molecule has 2 atom stereocenters. The summed E-state index contributed by atoms with van der Waals surface area (Å²) in [5, 5.41) is -0.330. The van der Waals surface area contributed by atoms with E-state index in [1.807, 2.05) is 33.9 Å². The van der Waals surface area contributed by atoms with Crippen LogP contribution >= 0.6 is 0 Å². The second-order valence-electron chi connectivity index (χ2n) is 6.34. The van der Waals surface area contributed by atoms with E-state index < -0.39 is 14.2 Å². The number of carbonyl (C=O) groups excluding carboxylic acids is 2. The molecule has 3 N–H and O–H groups in total. The first kappa shape index (κ1) is 18.3. The molecule has 0 aromatic rings. The molecule has 0 aromatic heterocycles. The molecule has 112 valence electrons. The molecule has 0 aromatic carbocycles. The van der Waals surface area contributed by atoms with Gasteiger partial charge in [0.25, 0.3) is 0 Å². The Hall–Kier alpha value is -0.723. The van der Waals surface area contributed by atoms with Gasteiger partial charge in [0.15, 0.2) is 8.32 Å². The zero-order valence-electron chi connectivity index (χ0n) is 12.6. The summed E-state index contributed by atoms with van der Waals surface area (Å²) >= 11 is 0. The Morgan fingerprint density at radius 1 is 1.47 bits per heavy atom. The summed E-state index contributed by atoms with van der Waals surface area (Å²) in [6, 6.07) is 0. The Labute approximate surface area is 116 Å². The van der Waals surface area contributed by atoms with Gasteiger partial charge in [-0.3, -0.25) is 4.79 Å². The minimum atomic E-state index is -2.36. The smallest absolute Gasteiger partial charge is 0.220 e. The van der Waals surface area contributed by atoms with Crippen LogP contribution in [0.15, 0.2) is 0 Å². The van der Waals surface area contributed by atoms with Gasteiger partial charge in [0, 0.05) is 11.5 Å². The quantitative estimate of drug-likeness (QED) is 0.496. The molecule has 0 rings (SSSR count). The van der Waals surface area contributed by atoms with Crippen LogP contribution in [0, 0.1) is 5.92 Å². The SMILES string of the molecule is C[C@H](CC=O)[C@H](CC(N)=O)OCC(C)(C)[Si](C)(C)O. The molecule has 0 aliphatic heterocycles. The summed E-state index contributed by atoms with van der Waals surface area (Å²) in [4.78, 5) is 31.8. The van der Waals surface area contributed by atoms with Crippen LogP contribution in [0.4, 0.5) is 0 Å². The van der Waals surface area contributed by atoms with Gasteiger partial charge < -0.3 is 20.1 Å². The predicted octanol–water partition coefficient (Wildman–Crippen LogP) is 1.45. The van der Waals surface area contributed by atoms with E-state index in [0.717, 1.165) is 6.29 Å². The second-order valence-corrected chi connectivity index (χ2v) is 10.8. The fourth-order valence-corrected chi connectivity index (χ4v) is 1.85. The highest BCUT2D eigenvalue weighted by molar-refractivity contribution is 6.72. The van der Waals surface area contributed by atoms with E-state index in [1.54, 1.807) is 0 Å². The molecule has 0 saturated carbocycles. The number of hydrogen-bond acceptors (Lipinski definition) is 4. The maximum atomic E-state index is 11.1. The first-order valence-corrected chi connectivity index (χ1v) is 9.52. The largest absolute Gasteiger partial charge is 0.432 e. The summed E-state index contributed by atoms with van der Waals surface area (Å²) < 4.78 is 5.77. The van der Waals surface area contributed by atoms with E-state index in [0.29, 0.717) is 13.0 Å². The number of carbonyl (C=O) groups is 2. The lowest BCUT2D eigenvalue weighted by molar-refractivity contribution is -0.123. The molecule has 0 unspecified atom stereocenters. The van der Waals surface area contributed by atoms with Gasteiger partial charge in [0.1, 0.15) is 6.29 Å². The average molecular weight is 289 g/mol. The monoisotopic (exact) mass is 289 g/mol. The number of nitrogens with two attached hydrogens (primary N) is 1. The highest BCUT2D eigenvalue weighted by Crippen LogP contribution is 2.36. The fraction of sp³-hybridized carbons (Fsp3) is 0.846. The molecule has 0 bridgehead atoms. The molecule has 0 radical (unpaired) electrons. The molecule has 0 spiro atoms. The number of amides is 1. The van der Waals surface area contributed by atoms with Crippen molar-refractivity contribution < 1.29 is 19.1 Å². The normalized spacial score (nSPS) is 15.9. The van der Waals surface area contributed by atoms with Crippen molar-refractivity contribution in [3.63, 3.8) is 0 Å². The van der Waals surface area contributed by atoms with Crippen LogP contribution in [-0.2, 0) is 14.3 Å². The molecular formula is C13H27NO4Si. The zero-order chi connectivity index (χ0) is 15.3. The molecular weight excluding hydrogens is 262 g/mol. The number of aldehydes is 1. The topological polar surface area (TPSA) is 89.6 Å². The van der Waals surface area contributed by atoms with Crippen molar-refractivity contribution in [3.8, 4) is 0 Å². The first-order chi connectivity index (χ1) is 8.51. The molecule has 0 aliphatic carbocycles. The van der Waals surface area contributed by atoms with Crippen molar-refractivity contribution in [3.05, 3.63) is 0 Å². The molecule has 19 heavy (non-hydrogen) atoms. The number of ether oxygens (including phenoxy) is 1.